The van der Waals surface area contributed by atoms with Gasteiger partial charge in [0.15, 0.2) is 11.6 Å². The predicted octanol–water partition coefficient (Wildman–Crippen LogP) is 4.91. The number of ether oxygens (including phenoxy) is 1. The zero-order valence-electron chi connectivity index (χ0n) is 28.6. The van der Waals surface area contributed by atoms with Crippen LogP contribution in [0.25, 0.3) is 0 Å². The fraction of sp³-hybridized carbons (Fsp3) is 0.676. The van der Waals surface area contributed by atoms with Crippen molar-refractivity contribution in [1.82, 2.24) is 28.8 Å². The molecule has 1 amide bonds. The molecule has 2 aromatic rings. The molecule has 11 nitrogen and oxygen atoms in total. The molecule has 1 aromatic heterocycles. The molecule has 0 bridgehead atoms. The van der Waals surface area contributed by atoms with Gasteiger partial charge in [-0.05, 0) is 96.5 Å². The normalized spacial score (nSPS) is 24.3. The maximum Gasteiger partial charge on any atom is 0.279 e. The van der Waals surface area contributed by atoms with Crippen molar-refractivity contribution in [3.05, 3.63) is 42.1 Å². The van der Waals surface area contributed by atoms with Gasteiger partial charge < -0.3 is 19.4 Å². The topological polar surface area (TPSA) is 111 Å². The lowest BCUT2D eigenvalue weighted by Gasteiger charge is -2.54. The Labute approximate surface area is 287 Å². The Morgan fingerprint density at radius 2 is 1.78 bits per heavy atom. The lowest BCUT2D eigenvalue weighted by Crippen LogP contribution is -2.61. The molecule has 3 saturated heterocycles. The number of amides is 1. The average molecular weight is 708 g/mol. The van der Waals surface area contributed by atoms with Crippen molar-refractivity contribution in [3.63, 3.8) is 0 Å². The number of nitrogens with one attached hydrogen (secondary N) is 1. The molecule has 49 heavy (non-hydrogen) atoms. The van der Waals surface area contributed by atoms with E-state index in [0.29, 0.717) is 36.9 Å². The van der Waals surface area contributed by atoms with Crippen LogP contribution in [0.4, 0.5) is 19.0 Å². The minimum absolute atomic E-state index is 0.0571. The van der Waals surface area contributed by atoms with E-state index >= 15 is 0 Å². The van der Waals surface area contributed by atoms with Crippen molar-refractivity contribution in [3.8, 4) is 11.5 Å². The number of nitrogens with zero attached hydrogens (tertiary/aromatic N) is 6. The van der Waals surface area contributed by atoms with E-state index in [1.165, 1.54) is 24.5 Å². The van der Waals surface area contributed by atoms with Gasteiger partial charge in [-0.1, -0.05) is 0 Å². The maximum absolute atomic E-state index is 14.3. The molecule has 15 heteroatoms. The summed E-state index contributed by atoms with van der Waals surface area (Å²) in [5, 5.41) is 0. The molecule has 4 heterocycles. The van der Waals surface area contributed by atoms with Crippen molar-refractivity contribution in [2.75, 3.05) is 57.3 Å². The van der Waals surface area contributed by atoms with Crippen LogP contribution < -0.4 is 14.4 Å². The summed E-state index contributed by atoms with van der Waals surface area (Å²) in [4.78, 5) is 28.4. The highest BCUT2D eigenvalue weighted by atomic mass is 32.2. The number of hydrogen-bond donors (Lipinski definition) is 1. The third-order valence-electron chi connectivity index (χ3n) is 10.7. The standard InChI is InChI=1S/C34H48F3N7O4S/c1-4-44(24(2)3)32(45)28-17-26(35)7-10-29(28)48-30-18-38-23-39-31(30)42-20-33(21-42)11-14-41(15-12-33)19-25-5-8-27(9-6-25)40-49(46,47)43-16-13-34(36,37)22-43/h7,10,17-18,23-25,27,40H,4-6,8-9,11-16,19-22H2,1-3H3. The molecule has 4 aliphatic rings. The van der Waals surface area contributed by atoms with Crippen LogP contribution in [0.5, 0.6) is 11.5 Å². The Balaban J connectivity index is 0.988. The first-order valence-corrected chi connectivity index (χ1v) is 18.9. The average Bonchev–Trinajstić information content (AvgIpc) is 3.43. The first-order valence-electron chi connectivity index (χ1n) is 17.5. The second kappa shape index (κ2) is 14.3. The number of carbonyl (C=O) groups excluding carboxylic acids is 1. The number of rotatable bonds is 11. The van der Waals surface area contributed by atoms with E-state index in [2.05, 4.69) is 24.5 Å². The summed E-state index contributed by atoms with van der Waals surface area (Å²) in [7, 11) is -3.90. The number of piperidine rings is 1. The molecule has 270 valence electrons. The van der Waals surface area contributed by atoms with Gasteiger partial charge in [0.1, 0.15) is 17.9 Å². The van der Waals surface area contributed by atoms with Crippen molar-refractivity contribution in [2.45, 2.75) is 83.7 Å². The van der Waals surface area contributed by atoms with Crippen LogP contribution in [0.15, 0.2) is 30.7 Å². The molecule has 4 fully saturated rings. The Morgan fingerprint density at radius 1 is 1.06 bits per heavy atom. The second-order valence-electron chi connectivity index (χ2n) is 14.6. The third-order valence-corrected chi connectivity index (χ3v) is 12.3. The van der Waals surface area contributed by atoms with Crippen LogP contribution in [0.3, 0.4) is 0 Å². The monoisotopic (exact) mass is 707 g/mol. The van der Waals surface area contributed by atoms with Crippen LogP contribution in [0.2, 0.25) is 0 Å². The minimum atomic E-state index is -3.90. The number of likely N-dealkylation sites (tertiary alicyclic amines) is 1. The maximum atomic E-state index is 14.3. The SMILES string of the molecule is CCN(C(=O)c1cc(F)ccc1Oc1cncnc1N1CC2(CCN(CC3CCC(NS(=O)(=O)N4CCC(F)(F)C4)CC3)CC2)C1)C(C)C. The van der Waals surface area contributed by atoms with Gasteiger partial charge in [0.05, 0.1) is 18.3 Å². The van der Waals surface area contributed by atoms with Crippen molar-refractivity contribution >= 4 is 21.9 Å². The number of benzene rings is 1. The third kappa shape index (κ3) is 8.15. The van der Waals surface area contributed by atoms with Crippen molar-refractivity contribution in [1.29, 1.82) is 0 Å². The van der Waals surface area contributed by atoms with Gasteiger partial charge in [-0.2, -0.15) is 17.4 Å². The summed E-state index contributed by atoms with van der Waals surface area (Å²) >= 11 is 0. The molecular weight excluding hydrogens is 659 g/mol. The Bertz CT molecular complexity index is 1590. The zero-order valence-corrected chi connectivity index (χ0v) is 29.4. The van der Waals surface area contributed by atoms with E-state index in [1.54, 1.807) is 11.1 Å². The molecule has 6 rings (SSSR count). The Hall–Kier alpha value is -3.01. The summed E-state index contributed by atoms with van der Waals surface area (Å²) in [6.45, 7) is 9.93. The van der Waals surface area contributed by atoms with Gasteiger partial charge >= 0.3 is 0 Å². The molecule has 1 aromatic carbocycles. The summed E-state index contributed by atoms with van der Waals surface area (Å²) in [5.74, 6) is -1.96. The quantitative estimate of drug-likeness (QED) is 0.351. The fourth-order valence-corrected chi connectivity index (χ4v) is 9.35. The van der Waals surface area contributed by atoms with Crippen LogP contribution >= 0.6 is 0 Å². The molecule has 1 saturated carbocycles. The molecule has 1 aliphatic carbocycles. The van der Waals surface area contributed by atoms with E-state index in [4.69, 9.17) is 4.74 Å². The van der Waals surface area contributed by atoms with Gasteiger partial charge in [0, 0.05) is 56.6 Å². The van der Waals surface area contributed by atoms with E-state index in [0.717, 1.165) is 62.7 Å². The zero-order chi connectivity index (χ0) is 35.0. The first-order chi connectivity index (χ1) is 23.3. The highest BCUT2D eigenvalue weighted by Crippen LogP contribution is 2.45. The molecule has 0 unspecified atom stereocenters. The number of alkyl halides is 2. The number of aromatic nitrogens is 2. The smallest absolute Gasteiger partial charge is 0.279 e. The lowest BCUT2D eigenvalue weighted by molar-refractivity contribution is 0.0182. The van der Waals surface area contributed by atoms with Gasteiger partial charge in [0.25, 0.3) is 22.0 Å². The van der Waals surface area contributed by atoms with Gasteiger partial charge in [-0.3, -0.25) is 4.79 Å². The Morgan fingerprint density at radius 3 is 2.41 bits per heavy atom. The molecular formula is C34H48F3N7O4S. The molecule has 3 aliphatic heterocycles. The van der Waals surface area contributed by atoms with Crippen molar-refractivity contribution < 1.29 is 31.1 Å². The van der Waals surface area contributed by atoms with E-state index in [9.17, 15) is 26.4 Å². The van der Waals surface area contributed by atoms with Gasteiger partial charge in [0.2, 0.25) is 0 Å². The van der Waals surface area contributed by atoms with E-state index < -0.39 is 34.9 Å². The van der Waals surface area contributed by atoms with E-state index in [1.807, 2.05) is 20.8 Å². The lowest BCUT2D eigenvalue weighted by atomic mass is 9.71. The molecule has 1 N–H and O–H groups in total. The van der Waals surface area contributed by atoms with Crippen LogP contribution in [0, 0.1) is 17.2 Å². The molecule has 0 radical (unpaired) electrons. The summed E-state index contributed by atoms with van der Waals surface area (Å²) in [5.41, 5.74) is 0.332. The summed E-state index contributed by atoms with van der Waals surface area (Å²) < 4.78 is 76.4. The van der Waals surface area contributed by atoms with Crippen LogP contribution in [-0.2, 0) is 10.2 Å². The first kappa shape index (κ1) is 35.8. The highest BCUT2D eigenvalue weighted by Gasteiger charge is 2.47. The second-order valence-corrected chi connectivity index (χ2v) is 16.3. The van der Waals surface area contributed by atoms with Crippen molar-refractivity contribution in [2.24, 2.45) is 11.3 Å². The summed E-state index contributed by atoms with van der Waals surface area (Å²) in [6.07, 6.45) is 7.99. The largest absolute Gasteiger partial charge is 0.451 e. The summed E-state index contributed by atoms with van der Waals surface area (Å²) in [6, 6.07) is 3.70. The van der Waals surface area contributed by atoms with Gasteiger partial charge in [-0.15, -0.1) is 0 Å². The Kier molecular flexibility index (Phi) is 10.5. The van der Waals surface area contributed by atoms with Crippen LogP contribution in [0.1, 0.15) is 76.1 Å². The van der Waals surface area contributed by atoms with Crippen LogP contribution in [-0.4, -0.2) is 109 Å². The number of anilines is 1. The molecule has 1 spiro atoms. The molecule has 0 atom stereocenters. The number of hydrogen-bond acceptors (Lipinski definition) is 8. The number of halogens is 3. The highest BCUT2D eigenvalue weighted by molar-refractivity contribution is 7.87. The minimum Gasteiger partial charge on any atom is -0.451 e. The predicted molar refractivity (Wildman–Crippen MR) is 180 cm³/mol. The van der Waals surface area contributed by atoms with E-state index in [-0.39, 0.29) is 41.3 Å². The fourth-order valence-electron chi connectivity index (χ4n) is 7.86. The number of carbonyl (C=O) groups is 1. The van der Waals surface area contributed by atoms with Gasteiger partial charge in [-0.25, -0.2) is 23.1 Å².